The second kappa shape index (κ2) is 6.93. The van der Waals surface area contributed by atoms with E-state index in [1.807, 2.05) is 0 Å². The molecule has 0 saturated heterocycles. The average molecular weight is 368 g/mol. The van der Waals surface area contributed by atoms with Crippen molar-refractivity contribution in [1.29, 1.82) is 0 Å². The summed E-state index contributed by atoms with van der Waals surface area (Å²) >= 11 is 3.04. The normalized spacial score (nSPS) is 11.3. The van der Waals surface area contributed by atoms with Gasteiger partial charge in [0.25, 0.3) is 5.91 Å². The molecule has 0 aromatic heterocycles. The Labute approximate surface area is 127 Å². The van der Waals surface area contributed by atoms with Crippen LogP contribution >= 0.6 is 15.9 Å². The quantitative estimate of drug-likeness (QED) is 0.867. The van der Waals surface area contributed by atoms with Crippen molar-refractivity contribution in [2.45, 2.75) is 19.5 Å². The molecule has 0 unspecified atom stereocenters. The fraction of sp³-hybridized carbons (Fsp3) is 0.385. The van der Waals surface area contributed by atoms with Crippen LogP contribution in [0.15, 0.2) is 22.7 Å². The first kappa shape index (κ1) is 17.5. The minimum absolute atomic E-state index is 0.0622. The molecular weight excluding hydrogens is 355 g/mol. The molecule has 1 aromatic carbocycles. The molecule has 0 heterocycles. The molecule has 1 amide bonds. The minimum Gasteiger partial charge on any atom is -0.481 e. The van der Waals surface area contributed by atoms with Gasteiger partial charge in [-0.1, -0.05) is 0 Å². The number of aliphatic carboxylic acids is 1. The van der Waals surface area contributed by atoms with E-state index < -0.39 is 23.6 Å². The molecule has 1 rings (SSSR count). The number of carbonyl (C=O) groups excluding carboxylic acids is 1. The molecule has 0 bridgehead atoms. The van der Waals surface area contributed by atoms with E-state index in [0.717, 1.165) is 18.2 Å². The van der Waals surface area contributed by atoms with Gasteiger partial charge >= 0.3 is 12.1 Å². The molecule has 0 aliphatic rings. The maximum atomic E-state index is 12.7. The highest BCUT2D eigenvalue weighted by Gasteiger charge is 2.32. The summed E-state index contributed by atoms with van der Waals surface area (Å²) in [4.78, 5) is 23.9. The lowest BCUT2D eigenvalue weighted by molar-refractivity contribution is -0.138. The molecule has 8 heteroatoms. The summed E-state index contributed by atoms with van der Waals surface area (Å²) in [5.41, 5.74) is -1.07. The summed E-state index contributed by atoms with van der Waals surface area (Å²) in [5, 5.41) is 8.62. The number of hydrogen-bond donors (Lipinski definition) is 1. The Morgan fingerprint density at radius 3 is 2.43 bits per heavy atom. The highest BCUT2D eigenvalue weighted by atomic mass is 79.9. The fourth-order valence-corrected chi connectivity index (χ4v) is 2.09. The first-order valence-corrected chi connectivity index (χ1v) is 6.84. The molecule has 21 heavy (non-hydrogen) atoms. The van der Waals surface area contributed by atoms with Crippen LogP contribution in [0.25, 0.3) is 0 Å². The van der Waals surface area contributed by atoms with Gasteiger partial charge in [-0.05, 0) is 41.1 Å². The summed E-state index contributed by atoms with van der Waals surface area (Å²) in [5.74, 6) is -1.72. The monoisotopic (exact) mass is 367 g/mol. The zero-order chi connectivity index (χ0) is 16.2. The van der Waals surface area contributed by atoms with Gasteiger partial charge in [0.15, 0.2) is 0 Å². The van der Waals surface area contributed by atoms with Gasteiger partial charge in [-0.25, -0.2) is 0 Å². The lowest BCUT2D eigenvalue weighted by Crippen LogP contribution is -2.33. The first-order valence-electron chi connectivity index (χ1n) is 6.04. The van der Waals surface area contributed by atoms with Crippen LogP contribution in [0.3, 0.4) is 0 Å². The van der Waals surface area contributed by atoms with Gasteiger partial charge in [0.2, 0.25) is 0 Å². The fourth-order valence-electron chi connectivity index (χ4n) is 1.67. The standard InChI is InChI=1S/C13H13BrF3NO3/c1-2-18(6-5-11(19)20)12(21)9-7-8(13(15,16)17)3-4-10(9)14/h3-4,7H,2,5-6H2,1H3,(H,19,20). The van der Waals surface area contributed by atoms with E-state index in [0.29, 0.717) is 0 Å². The molecule has 1 aromatic rings. The van der Waals surface area contributed by atoms with Crippen molar-refractivity contribution in [3.63, 3.8) is 0 Å². The molecule has 0 atom stereocenters. The lowest BCUT2D eigenvalue weighted by atomic mass is 10.1. The molecule has 4 nitrogen and oxygen atoms in total. The number of carboxylic acid groups (broad SMARTS) is 1. The van der Waals surface area contributed by atoms with Gasteiger partial charge < -0.3 is 10.0 Å². The van der Waals surface area contributed by atoms with Gasteiger partial charge in [-0.15, -0.1) is 0 Å². The molecule has 0 radical (unpaired) electrons. The Morgan fingerprint density at radius 1 is 1.33 bits per heavy atom. The van der Waals surface area contributed by atoms with Crippen LogP contribution in [0.1, 0.15) is 29.3 Å². The van der Waals surface area contributed by atoms with Crippen LogP contribution in [0.2, 0.25) is 0 Å². The average Bonchev–Trinajstić information content (AvgIpc) is 2.37. The van der Waals surface area contributed by atoms with Crippen LogP contribution in [0, 0.1) is 0 Å². The number of halogens is 4. The predicted octanol–water partition coefficient (Wildman–Crippen LogP) is 3.40. The van der Waals surface area contributed by atoms with Gasteiger partial charge in [0, 0.05) is 17.6 Å². The Kier molecular flexibility index (Phi) is 5.77. The molecule has 116 valence electrons. The number of rotatable bonds is 5. The first-order chi connectivity index (χ1) is 9.66. The Morgan fingerprint density at radius 2 is 1.95 bits per heavy atom. The minimum atomic E-state index is -4.55. The molecule has 0 saturated carbocycles. The second-order valence-electron chi connectivity index (χ2n) is 4.22. The van der Waals surface area contributed by atoms with Crippen LogP contribution in [0.5, 0.6) is 0 Å². The highest BCUT2D eigenvalue weighted by molar-refractivity contribution is 9.10. The number of hydrogen-bond acceptors (Lipinski definition) is 2. The van der Waals surface area contributed by atoms with E-state index in [1.165, 1.54) is 4.90 Å². The summed E-state index contributed by atoms with van der Waals surface area (Å²) in [6.45, 7) is 1.77. The molecule has 0 aliphatic heterocycles. The van der Waals surface area contributed by atoms with Gasteiger partial charge in [-0.2, -0.15) is 13.2 Å². The number of benzene rings is 1. The van der Waals surface area contributed by atoms with E-state index >= 15 is 0 Å². The third-order valence-corrected chi connectivity index (χ3v) is 3.48. The van der Waals surface area contributed by atoms with Crippen LogP contribution in [-0.4, -0.2) is 35.0 Å². The van der Waals surface area contributed by atoms with Crippen LogP contribution in [-0.2, 0) is 11.0 Å². The summed E-state index contributed by atoms with van der Waals surface area (Å²) in [6, 6.07) is 2.78. The zero-order valence-electron chi connectivity index (χ0n) is 11.1. The van der Waals surface area contributed by atoms with Gasteiger partial charge in [0.05, 0.1) is 17.5 Å². The maximum absolute atomic E-state index is 12.7. The molecule has 0 fully saturated rings. The Balaban J connectivity index is 3.07. The largest absolute Gasteiger partial charge is 0.481 e. The van der Waals surface area contributed by atoms with Crippen molar-refractivity contribution >= 4 is 27.8 Å². The predicted molar refractivity (Wildman–Crippen MR) is 73.0 cm³/mol. The van der Waals surface area contributed by atoms with E-state index in [2.05, 4.69) is 15.9 Å². The third-order valence-electron chi connectivity index (χ3n) is 2.79. The zero-order valence-corrected chi connectivity index (χ0v) is 12.7. The van der Waals surface area contributed by atoms with E-state index in [9.17, 15) is 22.8 Å². The van der Waals surface area contributed by atoms with E-state index in [1.54, 1.807) is 6.92 Å². The van der Waals surface area contributed by atoms with Crippen molar-refractivity contribution in [3.05, 3.63) is 33.8 Å². The van der Waals surface area contributed by atoms with Crippen molar-refractivity contribution in [3.8, 4) is 0 Å². The Hall–Kier alpha value is -1.57. The third kappa shape index (κ3) is 4.73. The van der Waals surface area contributed by atoms with Crippen LogP contribution < -0.4 is 0 Å². The van der Waals surface area contributed by atoms with Crippen molar-refractivity contribution < 1.29 is 27.9 Å². The maximum Gasteiger partial charge on any atom is 0.416 e. The topological polar surface area (TPSA) is 57.6 Å². The lowest BCUT2D eigenvalue weighted by Gasteiger charge is -2.21. The summed E-state index contributed by atoms with van der Waals surface area (Å²) < 4.78 is 38.3. The van der Waals surface area contributed by atoms with Gasteiger partial charge in [0.1, 0.15) is 0 Å². The molecule has 0 aliphatic carbocycles. The van der Waals surface area contributed by atoms with Gasteiger partial charge in [-0.3, -0.25) is 9.59 Å². The second-order valence-corrected chi connectivity index (χ2v) is 5.08. The van der Waals surface area contributed by atoms with Crippen molar-refractivity contribution in [2.75, 3.05) is 13.1 Å². The molecule has 1 N–H and O–H groups in total. The van der Waals surface area contributed by atoms with Crippen molar-refractivity contribution in [2.24, 2.45) is 0 Å². The molecular formula is C13H13BrF3NO3. The molecule has 0 spiro atoms. The Bertz CT molecular complexity index is 546. The summed E-state index contributed by atoms with van der Waals surface area (Å²) in [7, 11) is 0. The van der Waals surface area contributed by atoms with Crippen molar-refractivity contribution in [1.82, 2.24) is 4.90 Å². The van der Waals surface area contributed by atoms with E-state index in [4.69, 9.17) is 5.11 Å². The summed E-state index contributed by atoms with van der Waals surface area (Å²) in [6.07, 6.45) is -4.82. The number of carbonyl (C=O) groups is 2. The van der Waals surface area contributed by atoms with E-state index in [-0.39, 0.29) is 29.5 Å². The smallest absolute Gasteiger partial charge is 0.416 e. The number of amides is 1. The number of carboxylic acids is 1. The van der Waals surface area contributed by atoms with Crippen LogP contribution in [0.4, 0.5) is 13.2 Å². The number of alkyl halides is 3. The SMILES string of the molecule is CCN(CCC(=O)O)C(=O)c1cc(C(F)(F)F)ccc1Br. The number of nitrogens with zero attached hydrogens (tertiary/aromatic N) is 1. The highest BCUT2D eigenvalue weighted by Crippen LogP contribution is 2.32.